The lowest BCUT2D eigenvalue weighted by Gasteiger charge is -2.17. The predicted molar refractivity (Wildman–Crippen MR) is 92.2 cm³/mol. The van der Waals surface area contributed by atoms with Gasteiger partial charge in [-0.15, -0.1) is 0 Å². The van der Waals surface area contributed by atoms with Crippen molar-refractivity contribution in [2.75, 3.05) is 0 Å². The minimum Gasteiger partial charge on any atom is -0.240 e. The first-order valence-corrected chi connectivity index (χ1v) is 7.72. The number of nitrogens with zero attached hydrogens (tertiary/aromatic N) is 2. The van der Waals surface area contributed by atoms with Gasteiger partial charge in [0.1, 0.15) is 0 Å². The van der Waals surface area contributed by atoms with Crippen molar-refractivity contribution in [2.24, 2.45) is 5.41 Å². The molecule has 0 atom stereocenters. The van der Waals surface area contributed by atoms with Gasteiger partial charge in [0.15, 0.2) is 0 Å². The molecule has 3 aromatic rings. The van der Waals surface area contributed by atoms with Crippen molar-refractivity contribution < 1.29 is 0 Å². The lowest BCUT2D eigenvalue weighted by atomic mass is 9.87. The number of benzene rings is 2. The highest BCUT2D eigenvalue weighted by atomic mass is 15.3. The van der Waals surface area contributed by atoms with E-state index in [2.05, 4.69) is 63.4 Å². The van der Waals surface area contributed by atoms with Crippen molar-refractivity contribution in [2.45, 2.75) is 27.2 Å². The SMILES string of the molecule is CC(C)(C)Cc1cn(-c2ccccc2)nc1-c1ccccc1. The van der Waals surface area contributed by atoms with Gasteiger partial charge in [0.2, 0.25) is 0 Å². The summed E-state index contributed by atoms with van der Waals surface area (Å²) in [6.07, 6.45) is 3.17. The molecule has 2 aromatic carbocycles. The Morgan fingerprint density at radius 2 is 1.45 bits per heavy atom. The van der Waals surface area contributed by atoms with Gasteiger partial charge >= 0.3 is 0 Å². The van der Waals surface area contributed by atoms with Gasteiger partial charge < -0.3 is 0 Å². The molecule has 0 aliphatic heterocycles. The molecule has 0 saturated carbocycles. The molecule has 0 saturated heterocycles. The van der Waals surface area contributed by atoms with Gasteiger partial charge in [-0.2, -0.15) is 5.10 Å². The fourth-order valence-corrected chi connectivity index (χ4v) is 2.66. The van der Waals surface area contributed by atoms with Crippen LogP contribution in [-0.4, -0.2) is 9.78 Å². The van der Waals surface area contributed by atoms with E-state index in [-0.39, 0.29) is 5.41 Å². The van der Waals surface area contributed by atoms with Crippen LogP contribution < -0.4 is 0 Å². The average molecular weight is 290 g/mol. The smallest absolute Gasteiger partial charge is 0.0959 e. The lowest BCUT2D eigenvalue weighted by molar-refractivity contribution is 0.411. The monoisotopic (exact) mass is 290 g/mol. The maximum absolute atomic E-state index is 4.85. The zero-order chi connectivity index (χ0) is 15.6. The molecule has 3 rings (SSSR count). The second-order valence-electron chi connectivity index (χ2n) is 6.89. The van der Waals surface area contributed by atoms with E-state index in [1.807, 2.05) is 28.9 Å². The molecular formula is C20H22N2. The van der Waals surface area contributed by atoms with Crippen molar-refractivity contribution >= 4 is 0 Å². The van der Waals surface area contributed by atoms with Crippen LogP contribution >= 0.6 is 0 Å². The summed E-state index contributed by atoms with van der Waals surface area (Å²) in [4.78, 5) is 0. The molecule has 0 fully saturated rings. The second-order valence-corrected chi connectivity index (χ2v) is 6.89. The average Bonchev–Trinajstić information content (AvgIpc) is 2.91. The third-order valence-electron chi connectivity index (χ3n) is 3.58. The highest BCUT2D eigenvalue weighted by Crippen LogP contribution is 2.29. The summed E-state index contributed by atoms with van der Waals surface area (Å²) in [5.74, 6) is 0. The Morgan fingerprint density at radius 3 is 2.05 bits per heavy atom. The summed E-state index contributed by atoms with van der Waals surface area (Å²) < 4.78 is 1.99. The molecule has 2 nitrogen and oxygen atoms in total. The molecule has 0 aliphatic carbocycles. The molecule has 1 heterocycles. The maximum Gasteiger partial charge on any atom is 0.0959 e. The fraction of sp³-hybridized carbons (Fsp3) is 0.250. The van der Waals surface area contributed by atoms with Crippen LogP contribution in [0, 0.1) is 5.41 Å². The Bertz CT molecular complexity index is 734. The molecule has 22 heavy (non-hydrogen) atoms. The van der Waals surface area contributed by atoms with Crippen molar-refractivity contribution in [3.8, 4) is 16.9 Å². The van der Waals surface area contributed by atoms with Crippen LogP contribution in [0.4, 0.5) is 0 Å². The van der Waals surface area contributed by atoms with E-state index in [4.69, 9.17) is 5.10 Å². The van der Waals surface area contributed by atoms with Gasteiger partial charge in [-0.25, -0.2) is 4.68 Å². The van der Waals surface area contributed by atoms with Crippen LogP contribution in [0.2, 0.25) is 0 Å². The van der Waals surface area contributed by atoms with Gasteiger partial charge in [0.05, 0.1) is 11.4 Å². The molecular weight excluding hydrogens is 268 g/mol. The number of rotatable bonds is 3. The zero-order valence-electron chi connectivity index (χ0n) is 13.5. The van der Waals surface area contributed by atoms with Crippen LogP contribution in [0.15, 0.2) is 66.9 Å². The molecule has 0 amide bonds. The van der Waals surface area contributed by atoms with Crippen LogP contribution in [0.5, 0.6) is 0 Å². The van der Waals surface area contributed by atoms with E-state index in [0.717, 1.165) is 17.8 Å². The summed E-state index contributed by atoms with van der Waals surface area (Å²) in [5, 5.41) is 4.85. The van der Waals surface area contributed by atoms with Crippen molar-refractivity contribution in [3.63, 3.8) is 0 Å². The number of hydrogen-bond donors (Lipinski definition) is 0. The molecule has 0 bridgehead atoms. The van der Waals surface area contributed by atoms with E-state index in [0.29, 0.717) is 0 Å². The topological polar surface area (TPSA) is 17.8 Å². The van der Waals surface area contributed by atoms with Crippen molar-refractivity contribution in [1.82, 2.24) is 9.78 Å². The summed E-state index contributed by atoms with van der Waals surface area (Å²) in [6, 6.07) is 20.7. The first-order chi connectivity index (χ1) is 10.5. The first-order valence-electron chi connectivity index (χ1n) is 7.72. The standard InChI is InChI=1S/C20H22N2/c1-20(2,3)14-17-15-22(18-12-8-5-9-13-18)21-19(17)16-10-6-4-7-11-16/h4-13,15H,14H2,1-3H3. The second kappa shape index (κ2) is 5.80. The predicted octanol–water partition coefficient (Wildman–Crippen LogP) is 5.13. The Morgan fingerprint density at radius 1 is 0.864 bits per heavy atom. The van der Waals surface area contributed by atoms with E-state index in [1.54, 1.807) is 0 Å². The normalized spacial score (nSPS) is 11.6. The summed E-state index contributed by atoms with van der Waals surface area (Å²) in [5.41, 5.74) is 4.88. The van der Waals surface area contributed by atoms with Crippen LogP contribution in [0.3, 0.4) is 0 Å². The van der Waals surface area contributed by atoms with Crippen molar-refractivity contribution in [3.05, 3.63) is 72.4 Å². The lowest BCUT2D eigenvalue weighted by Crippen LogP contribution is -2.09. The third-order valence-corrected chi connectivity index (χ3v) is 3.58. The Hall–Kier alpha value is -2.35. The summed E-state index contributed by atoms with van der Waals surface area (Å²) in [6.45, 7) is 6.80. The minimum atomic E-state index is 0.230. The molecule has 0 N–H and O–H groups in total. The van der Waals surface area contributed by atoms with Gasteiger partial charge in [0.25, 0.3) is 0 Å². The minimum absolute atomic E-state index is 0.230. The molecule has 0 unspecified atom stereocenters. The van der Waals surface area contributed by atoms with Crippen molar-refractivity contribution in [1.29, 1.82) is 0 Å². The van der Waals surface area contributed by atoms with Crippen LogP contribution in [-0.2, 0) is 6.42 Å². The maximum atomic E-state index is 4.85. The van der Waals surface area contributed by atoms with Gasteiger partial charge in [0, 0.05) is 11.8 Å². The molecule has 1 aromatic heterocycles. The third kappa shape index (κ3) is 3.28. The van der Waals surface area contributed by atoms with Gasteiger partial charge in [-0.3, -0.25) is 0 Å². The van der Waals surface area contributed by atoms with Gasteiger partial charge in [-0.1, -0.05) is 69.3 Å². The number of aromatic nitrogens is 2. The molecule has 2 heteroatoms. The summed E-state index contributed by atoms with van der Waals surface area (Å²) in [7, 11) is 0. The number of hydrogen-bond acceptors (Lipinski definition) is 1. The quantitative estimate of drug-likeness (QED) is 0.654. The largest absolute Gasteiger partial charge is 0.240 e. The summed E-state index contributed by atoms with van der Waals surface area (Å²) >= 11 is 0. The highest BCUT2D eigenvalue weighted by Gasteiger charge is 2.18. The van der Waals surface area contributed by atoms with E-state index in [1.165, 1.54) is 11.1 Å². The van der Waals surface area contributed by atoms with E-state index < -0.39 is 0 Å². The highest BCUT2D eigenvalue weighted by molar-refractivity contribution is 5.63. The first kappa shape index (κ1) is 14.6. The molecule has 112 valence electrons. The molecule has 0 radical (unpaired) electrons. The van der Waals surface area contributed by atoms with Crippen LogP contribution in [0.1, 0.15) is 26.3 Å². The molecule has 0 aliphatic rings. The fourth-order valence-electron chi connectivity index (χ4n) is 2.66. The Labute approximate surface area is 132 Å². The van der Waals surface area contributed by atoms with E-state index in [9.17, 15) is 0 Å². The van der Waals surface area contributed by atoms with Gasteiger partial charge in [-0.05, 0) is 29.5 Å². The molecule has 0 spiro atoms. The number of para-hydroxylation sites is 1. The van der Waals surface area contributed by atoms with Crippen LogP contribution in [0.25, 0.3) is 16.9 Å². The Balaban J connectivity index is 2.09. The zero-order valence-corrected chi connectivity index (χ0v) is 13.5. The van der Waals surface area contributed by atoms with E-state index >= 15 is 0 Å². The Kier molecular flexibility index (Phi) is 3.84.